The molecule has 2 rings (SSSR count). The number of terminal acetylenes is 1. The summed E-state index contributed by atoms with van der Waals surface area (Å²) in [7, 11) is 0. The van der Waals surface area contributed by atoms with Crippen molar-refractivity contribution in [3.63, 3.8) is 0 Å². The van der Waals surface area contributed by atoms with Gasteiger partial charge >= 0.3 is 0 Å². The average Bonchev–Trinajstić information content (AvgIpc) is 2.87. The summed E-state index contributed by atoms with van der Waals surface area (Å²) in [5.74, 6) is 3.30. The van der Waals surface area contributed by atoms with E-state index in [1.807, 2.05) is 0 Å². The lowest BCUT2D eigenvalue weighted by molar-refractivity contribution is 0.692. The van der Waals surface area contributed by atoms with Crippen LogP contribution in [0.25, 0.3) is 0 Å². The van der Waals surface area contributed by atoms with Crippen molar-refractivity contribution in [2.24, 2.45) is 5.92 Å². The van der Waals surface area contributed by atoms with E-state index >= 15 is 0 Å². The Hall–Kier alpha value is -1.01. The largest absolute Gasteiger partial charge is 0.359 e. The third kappa shape index (κ3) is 2.51. The lowest BCUT2D eigenvalue weighted by Crippen LogP contribution is -2.15. The second kappa shape index (κ2) is 4.67. The first-order valence-corrected chi connectivity index (χ1v) is 6.37. The fraction of sp³-hybridized carbons (Fsp3) is 0.583. The van der Waals surface area contributed by atoms with E-state index < -0.39 is 0 Å². The minimum Gasteiger partial charge on any atom is -0.359 e. The number of hydrogen-bond donors (Lipinski definition) is 1. The van der Waals surface area contributed by atoms with Gasteiger partial charge in [0.25, 0.3) is 0 Å². The van der Waals surface area contributed by atoms with Crippen molar-refractivity contribution in [3.05, 3.63) is 11.1 Å². The molecule has 0 aromatic carbocycles. The van der Waals surface area contributed by atoms with Crippen LogP contribution in [0.2, 0.25) is 0 Å². The van der Waals surface area contributed by atoms with Crippen molar-refractivity contribution < 1.29 is 0 Å². The van der Waals surface area contributed by atoms with Gasteiger partial charge in [-0.25, -0.2) is 4.98 Å². The Morgan fingerprint density at radius 3 is 3.13 bits per heavy atom. The molecule has 0 amide bonds. The maximum atomic E-state index is 5.42. The summed E-state index contributed by atoms with van der Waals surface area (Å²) in [5.41, 5.74) is 1.17. The van der Waals surface area contributed by atoms with Crippen LogP contribution in [0, 0.1) is 18.3 Å². The molecule has 1 N–H and O–H groups in total. The number of nitrogens with one attached hydrogen (secondary N) is 1. The van der Waals surface area contributed by atoms with Crippen molar-refractivity contribution in [1.82, 2.24) is 4.98 Å². The molecule has 1 heterocycles. The molecule has 1 aliphatic rings. The summed E-state index contributed by atoms with van der Waals surface area (Å²) in [6, 6.07) is 0.530. The van der Waals surface area contributed by atoms with Crippen LogP contribution in [0.3, 0.4) is 0 Å². The molecule has 3 heteroatoms. The summed E-state index contributed by atoms with van der Waals surface area (Å²) in [6.07, 6.45) is 9.86. The molecule has 2 nitrogen and oxygen atoms in total. The quantitative estimate of drug-likeness (QED) is 0.792. The first-order valence-electron chi connectivity index (χ1n) is 5.49. The molecule has 15 heavy (non-hydrogen) atoms. The summed E-state index contributed by atoms with van der Waals surface area (Å²) in [4.78, 5) is 4.50. The van der Waals surface area contributed by atoms with Crippen LogP contribution in [0.15, 0.2) is 5.38 Å². The van der Waals surface area contributed by atoms with Gasteiger partial charge in [0, 0.05) is 17.3 Å². The summed E-state index contributed by atoms with van der Waals surface area (Å²) in [5, 5.41) is 6.64. The van der Waals surface area contributed by atoms with Crippen LogP contribution < -0.4 is 5.32 Å². The molecule has 80 valence electrons. The zero-order chi connectivity index (χ0) is 10.7. The number of hydrogen-bond acceptors (Lipinski definition) is 3. The van der Waals surface area contributed by atoms with Gasteiger partial charge in [-0.2, -0.15) is 0 Å². The third-order valence-electron chi connectivity index (χ3n) is 2.91. The molecule has 0 saturated heterocycles. The topological polar surface area (TPSA) is 24.9 Å². The van der Waals surface area contributed by atoms with E-state index in [0.717, 1.165) is 24.4 Å². The average molecular weight is 220 g/mol. The second-order valence-corrected chi connectivity index (χ2v) is 4.87. The predicted octanol–water partition coefficient (Wildman–Crippen LogP) is 2.92. The van der Waals surface area contributed by atoms with Crippen LogP contribution in [0.5, 0.6) is 0 Å². The van der Waals surface area contributed by atoms with E-state index in [-0.39, 0.29) is 0 Å². The van der Waals surface area contributed by atoms with Crippen LogP contribution in [0.4, 0.5) is 5.13 Å². The Bertz CT molecular complexity index is 364. The van der Waals surface area contributed by atoms with Gasteiger partial charge in [-0.15, -0.1) is 23.7 Å². The zero-order valence-electron chi connectivity index (χ0n) is 8.99. The molecule has 1 aliphatic carbocycles. The van der Waals surface area contributed by atoms with Crippen molar-refractivity contribution in [3.8, 4) is 12.3 Å². The zero-order valence-corrected chi connectivity index (χ0v) is 9.81. The van der Waals surface area contributed by atoms with Gasteiger partial charge < -0.3 is 5.32 Å². The summed E-state index contributed by atoms with van der Waals surface area (Å²) < 4.78 is 0. The second-order valence-electron chi connectivity index (χ2n) is 4.02. The maximum absolute atomic E-state index is 5.42. The Kier molecular flexibility index (Phi) is 3.27. The Morgan fingerprint density at radius 1 is 1.67 bits per heavy atom. The molecular formula is C12H16N2S. The van der Waals surface area contributed by atoms with Crippen LogP contribution in [-0.4, -0.2) is 11.0 Å². The Balaban J connectivity index is 1.90. The van der Waals surface area contributed by atoms with Gasteiger partial charge in [-0.3, -0.25) is 0 Å². The van der Waals surface area contributed by atoms with E-state index in [2.05, 4.69) is 28.5 Å². The molecular weight excluding hydrogens is 204 g/mol. The van der Waals surface area contributed by atoms with E-state index in [9.17, 15) is 0 Å². The highest BCUT2D eigenvalue weighted by Crippen LogP contribution is 2.28. The lowest BCUT2D eigenvalue weighted by Gasteiger charge is -2.10. The van der Waals surface area contributed by atoms with E-state index in [1.54, 1.807) is 11.3 Å². The maximum Gasteiger partial charge on any atom is 0.183 e. The van der Waals surface area contributed by atoms with Crippen molar-refractivity contribution in [2.75, 3.05) is 5.32 Å². The summed E-state index contributed by atoms with van der Waals surface area (Å²) >= 11 is 1.70. The number of aryl methyl sites for hydroxylation is 1. The molecule has 0 unspecified atom stereocenters. The van der Waals surface area contributed by atoms with Gasteiger partial charge in [0.15, 0.2) is 5.13 Å². The fourth-order valence-electron chi connectivity index (χ4n) is 1.97. The van der Waals surface area contributed by atoms with Gasteiger partial charge in [0.05, 0.1) is 5.69 Å². The SMILES string of the molecule is C#C[C@H]1CC[C@@H](Nc2nc(CC)cs2)C1. The number of thiazole rings is 1. The van der Waals surface area contributed by atoms with E-state index in [4.69, 9.17) is 6.42 Å². The minimum atomic E-state index is 0.466. The highest BCUT2D eigenvalue weighted by atomic mass is 32.1. The molecule has 1 aromatic rings. The molecule has 0 bridgehead atoms. The molecule has 1 aromatic heterocycles. The van der Waals surface area contributed by atoms with E-state index in [1.165, 1.54) is 12.1 Å². The number of nitrogens with zero attached hydrogens (tertiary/aromatic N) is 1. The smallest absolute Gasteiger partial charge is 0.183 e. The highest BCUT2D eigenvalue weighted by molar-refractivity contribution is 7.13. The van der Waals surface area contributed by atoms with E-state index in [0.29, 0.717) is 12.0 Å². The number of anilines is 1. The Labute approximate surface area is 95.1 Å². The molecule has 2 atom stereocenters. The molecule has 1 fully saturated rings. The minimum absolute atomic E-state index is 0.466. The first-order chi connectivity index (χ1) is 7.31. The Morgan fingerprint density at radius 2 is 2.53 bits per heavy atom. The van der Waals surface area contributed by atoms with Gasteiger partial charge in [-0.05, 0) is 25.7 Å². The van der Waals surface area contributed by atoms with Crippen molar-refractivity contribution >= 4 is 16.5 Å². The molecule has 0 aliphatic heterocycles. The van der Waals surface area contributed by atoms with Crippen LogP contribution >= 0.6 is 11.3 Å². The van der Waals surface area contributed by atoms with Crippen molar-refractivity contribution in [1.29, 1.82) is 0 Å². The number of aromatic nitrogens is 1. The fourth-order valence-corrected chi connectivity index (χ4v) is 2.85. The predicted molar refractivity (Wildman–Crippen MR) is 65.1 cm³/mol. The van der Waals surface area contributed by atoms with Gasteiger partial charge in [-0.1, -0.05) is 6.92 Å². The van der Waals surface area contributed by atoms with Crippen LogP contribution in [0.1, 0.15) is 31.9 Å². The lowest BCUT2D eigenvalue weighted by atomic mass is 10.1. The van der Waals surface area contributed by atoms with Crippen molar-refractivity contribution in [2.45, 2.75) is 38.6 Å². The van der Waals surface area contributed by atoms with Crippen LogP contribution in [-0.2, 0) is 6.42 Å². The first kappa shape index (κ1) is 10.5. The number of rotatable bonds is 3. The monoisotopic (exact) mass is 220 g/mol. The molecule has 1 saturated carbocycles. The third-order valence-corrected chi connectivity index (χ3v) is 3.73. The highest BCUT2D eigenvalue weighted by Gasteiger charge is 2.23. The van der Waals surface area contributed by atoms with Gasteiger partial charge in [0.1, 0.15) is 0 Å². The standard InChI is InChI=1S/C12H16N2S/c1-3-9-5-6-11(7-9)14-12-13-10(4-2)8-15-12/h1,8-9,11H,4-7H2,2H3,(H,13,14)/t9-,11+/m0/s1. The normalized spacial score (nSPS) is 25.1. The van der Waals surface area contributed by atoms with Gasteiger partial charge in [0.2, 0.25) is 0 Å². The molecule has 0 radical (unpaired) electrons. The molecule has 0 spiro atoms. The summed E-state index contributed by atoms with van der Waals surface area (Å²) in [6.45, 7) is 2.13.